The van der Waals surface area contributed by atoms with Crippen LogP contribution in [-0.2, 0) is 11.3 Å². The van der Waals surface area contributed by atoms with Gasteiger partial charge in [-0.05, 0) is 38.0 Å². The van der Waals surface area contributed by atoms with E-state index in [1.807, 2.05) is 32.9 Å². The number of carbonyl (C=O) groups excluding carboxylic acids is 2. The molecule has 1 fully saturated rings. The maximum Gasteiger partial charge on any atom is 0.318 e. The molecule has 2 aromatic carbocycles. The second-order valence-corrected chi connectivity index (χ2v) is 7.36. The van der Waals surface area contributed by atoms with Crippen LogP contribution in [0.25, 0.3) is 0 Å². The molecule has 0 bridgehead atoms. The maximum atomic E-state index is 13.8. The summed E-state index contributed by atoms with van der Waals surface area (Å²) in [6, 6.07) is 12.2. The van der Waals surface area contributed by atoms with E-state index in [-0.39, 0.29) is 36.9 Å². The van der Waals surface area contributed by atoms with E-state index in [4.69, 9.17) is 0 Å². The molecule has 0 radical (unpaired) electrons. The number of hydrogen-bond donors (Lipinski definition) is 1. The average Bonchev–Trinajstić information content (AvgIpc) is 2.66. The number of urea groups is 1. The van der Waals surface area contributed by atoms with Gasteiger partial charge >= 0.3 is 6.03 Å². The van der Waals surface area contributed by atoms with Crippen molar-refractivity contribution in [3.63, 3.8) is 0 Å². The fourth-order valence-corrected chi connectivity index (χ4v) is 3.46. The van der Waals surface area contributed by atoms with Crippen LogP contribution >= 0.6 is 0 Å². The second kappa shape index (κ2) is 8.42. The van der Waals surface area contributed by atoms with E-state index in [1.165, 1.54) is 11.0 Å². The third-order valence-corrected chi connectivity index (χ3v) is 5.17. The summed E-state index contributed by atoms with van der Waals surface area (Å²) in [5.74, 6) is -0.498. The highest BCUT2D eigenvalue weighted by molar-refractivity contribution is 5.85. The number of hydrogen-bond acceptors (Lipinski definition) is 2. The summed E-state index contributed by atoms with van der Waals surface area (Å²) in [6.45, 7) is 7.01. The molecule has 1 heterocycles. The van der Waals surface area contributed by atoms with Gasteiger partial charge in [0.15, 0.2) is 0 Å². The minimum atomic E-state index is -0.321. The van der Waals surface area contributed by atoms with E-state index in [9.17, 15) is 14.0 Å². The van der Waals surface area contributed by atoms with Crippen molar-refractivity contribution in [2.45, 2.75) is 33.4 Å². The fourth-order valence-electron chi connectivity index (χ4n) is 3.46. The monoisotopic (exact) mass is 383 g/mol. The van der Waals surface area contributed by atoms with Crippen molar-refractivity contribution in [1.29, 1.82) is 0 Å². The standard InChI is InChI=1S/C22H26FN3O2/c1-15-8-9-16(2)19(12-15)17(3)24-22(28)26-11-10-25(21(27)14-26)13-18-6-4-5-7-20(18)23/h4-9,12,17H,10-11,13-14H2,1-3H3,(H,24,28)/t17-/m1/s1. The Bertz CT molecular complexity index is 884. The van der Waals surface area contributed by atoms with Gasteiger partial charge in [0.2, 0.25) is 5.91 Å². The van der Waals surface area contributed by atoms with E-state index in [2.05, 4.69) is 11.4 Å². The second-order valence-electron chi connectivity index (χ2n) is 7.36. The Morgan fingerprint density at radius 2 is 1.93 bits per heavy atom. The molecule has 3 amide bonds. The Labute approximate surface area is 165 Å². The summed E-state index contributed by atoms with van der Waals surface area (Å²) in [6.07, 6.45) is 0. The highest BCUT2D eigenvalue weighted by Crippen LogP contribution is 2.19. The van der Waals surface area contributed by atoms with Gasteiger partial charge in [-0.1, -0.05) is 42.0 Å². The first-order chi connectivity index (χ1) is 13.3. The molecule has 0 aliphatic carbocycles. The van der Waals surface area contributed by atoms with Crippen LogP contribution in [-0.4, -0.2) is 41.4 Å². The minimum absolute atomic E-state index is 0.000193. The molecule has 3 rings (SSSR count). The van der Waals surface area contributed by atoms with E-state index in [1.54, 1.807) is 23.1 Å². The summed E-state index contributed by atoms with van der Waals surface area (Å²) < 4.78 is 13.8. The van der Waals surface area contributed by atoms with E-state index < -0.39 is 0 Å². The smallest absolute Gasteiger partial charge is 0.318 e. The highest BCUT2D eigenvalue weighted by atomic mass is 19.1. The normalized spacial score (nSPS) is 15.5. The van der Waals surface area contributed by atoms with Crippen molar-refractivity contribution in [3.05, 3.63) is 70.5 Å². The van der Waals surface area contributed by atoms with Gasteiger partial charge in [-0.3, -0.25) is 4.79 Å². The van der Waals surface area contributed by atoms with E-state index >= 15 is 0 Å². The number of carbonyl (C=O) groups is 2. The van der Waals surface area contributed by atoms with Gasteiger partial charge in [0, 0.05) is 25.2 Å². The summed E-state index contributed by atoms with van der Waals surface area (Å²) in [5.41, 5.74) is 3.80. The zero-order valence-electron chi connectivity index (χ0n) is 16.5. The third-order valence-electron chi connectivity index (χ3n) is 5.17. The van der Waals surface area contributed by atoms with Crippen molar-refractivity contribution >= 4 is 11.9 Å². The van der Waals surface area contributed by atoms with E-state index in [0.717, 1.165) is 16.7 Å². The molecule has 1 aliphatic heterocycles. The number of nitrogens with zero attached hydrogens (tertiary/aromatic N) is 2. The number of nitrogens with one attached hydrogen (secondary N) is 1. The van der Waals surface area contributed by atoms with Crippen LogP contribution in [0.3, 0.4) is 0 Å². The van der Waals surface area contributed by atoms with Gasteiger partial charge in [-0.2, -0.15) is 0 Å². The van der Waals surface area contributed by atoms with Gasteiger partial charge < -0.3 is 15.1 Å². The SMILES string of the molecule is Cc1ccc(C)c([C@@H](C)NC(=O)N2CCN(Cc3ccccc3F)C(=O)C2)c1. The molecule has 6 heteroatoms. The van der Waals surface area contributed by atoms with Crippen LogP contribution in [0.4, 0.5) is 9.18 Å². The molecule has 0 aromatic heterocycles. The van der Waals surface area contributed by atoms with Crippen molar-refractivity contribution in [2.24, 2.45) is 0 Å². The molecule has 28 heavy (non-hydrogen) atoms. The molecule has 1 saturated heterocycles. The summed E-state index contributed by atoms with van der Waals surface area (Å²) >= 11 is 0. The maximum absolute atomic E-state index is 13.8. The fraction of sp³-hybridized carbons (Fsp3) is 0.364. The molecule has 1 atom stereocenters. The van der Waals surface area contributed by atoms with Gasteiger partial charge in [0.1, 0.15) is 12.4 Å². The van der Waals surface area contributed by atoms with Crippen LogP contribution in [0, 0.1) is 19.7 Å². The first-order valence-corrected chi connectivity index (χ1v) is 9.49. The van der Waals surface area contributed by atoms with Crippen LogP contribution in [0.1, 0.15) is 35.2 Å². The molecule has 1 N–H and O–H groups in total. The predicted molar refractivity (Wildman–Crippen MR) is 106 cm³/mol. The van der Waals surface area contributed by atoms with Crippen molar-refractivity contribution in [1.82, 2.24) is 15.1 Å². The number of aryl methyl sites for hydroxylation is 2. The molecule has 2 aromatic rings. The Balaban J connectivity index is 1.59. The largest absolute Gasteiger partial charge is 0.335 e. The van der Waals surface area contributed by atoms with Gasteiger partial charge in [-0.15, -0.1) is 0 Å². The first-order valence-electron chi connectivity index (χ1n) is 9.49. The van der Waals surface area contributed by atoms with Crippen LogP contribution < -0.4 is 5.32 Å². The molecular weight excluding hydrogens is 357 g/mol. The summed E-state index contributed by atoms with van der Waals surface area (Å²) in [7, 11) is 0. The lowest BCUT2D eigenvalue weighted by atomic mass is 10.00. The Morgan fingerprint density at radius 3 is 2.64 bits per heavy atom. The van der Waals surface area contributed by atoms with Crippen molar-refractivity contribution < 1.29 is 14.0 Å². The van der Waals surface area contributed by atoms with Gasteiger partial charge in [-0.25, -0.2) is 9.18 Å². The number of benzene rings is 2. The first kappa shape index (κ1) is 19.9. The van der Waals surface area contributed by atoms with Crippen molar-refractivity contribution in [3.8, 4) is 0 Å². The van der Waals surface area contributed by atoms with Crippen LogP contribution in [0.5, 0.6) is 0 Å². The van der Waals surface area contributed by atoms with Crippen LogP contribution in [0.2, 0.25) is 0 Å². The number of amides is 3. The van der Waals surface area contributed by atoms with Crippen molar-refractivity contribution in [2.75, 3.05) is 19.6 Å². The number of rotatable bonds is 4. The zero-order chi connectivity index (χ0) is 20.3. The molecule has 148 valence electrons. The molecular formula is C22H26FN3O2. The zero-order valence-corrected chi connectivity index (χ0v) is 16.5. The lowest BCUT2D eigenvalue weighted by molar-refractivity contribution is -0.135. The molecule has 5 nitrogen and oxygen atoms in total. The van der Waals surface area contributed by atoms with Gasteiger partial charge in [0.05, 0.1) is 6.04 Å². The Morgan fingerprint density at radius 1 is 1.18 bits per heavy atom. The summed E-state index contributed by atoms with van der Waals surface area (Å²) in [5, 5.41) is 2.98. The number of halogens is 1. The summed E-state index contributed by atoms with van der Waals surface area (Å²) in [4.78, 5) is 28.2. The lowest BCUT2D eigenvalue weighted by Gasteiger charge is -2.35. The molecule has 0 unspecified atom stereocenters. The molecule has 1 aliphatic rings. The third kappa shape index (κ3) is 4.50. The Kier molecular flexibility index (Phi) is 5.97. The van der Waals surface area contributed by atoms with Crippen LogP contribution in [0.15, 0.2) is 42.5 Å². The Hall–Kier alpha value is -2.89. The quantitative estimate of drug-likeness (QED) is 0.878. The average molecular weight is 383 g/mol. The van der Waals surface area contributed by atoms with E-state index in [0.29, 0.717) is 18.7 Å². The highest BCUT2D eigenvalue weighted by Gasteiger charge is 2.28. The lowest BCUT2D eigenvalue weighted by Crippen LogP contribution is -2.54. The minimum Gasteiger partial charge on any atom is -0.335 e. The molecule has 0 spiro atoms. The topological polar surface area (TPSA) is 52.7 Å². The predicted octanol–water partition coefficient (Wildman–Crippen LogP) is 3.56. The van der Waals surface area contributed by atoms with Gasteiger partial charge in [0.25, 0.3) is 0 Å². The molecule has 0 saturated carbocycles. The number of piperazine rings is 1.